The molecule has 2 atom stereocenters. The first-order valence-electron chi connectivity index (χ1n) is 13.2. The minimum absolute atomic E-state index is 0.00423. The second-order valence-corrected chi connectivity index (χ2v) is 11.0. The molecule has 1 aromatic carbocycles. The van der Waals surface area contributed by atoms with E-state index < -0.39 is 18.4 Å². The lowest BCUT2D eigenvalue weighted by molar-refractivity contribution is 0.0749. The number of alkyl halides is 2. The van der Waals surface area contributed by atoms with Crippen molar-refractivity contribution < 1.29 is 22.7 Å². The van der Waals surface area contributed by atoms with Gasteiger partial charge in [-0.3, -0.25) is 4.79 Å². The third-order valence-electron chi connectivity index (χ3n) is 7.47. The van der Waals surface area contributed by atoms with Crippen molar-refractivity contribution in [2.45, 2.75) is 38.3 Å². The molecule has 6 rings (SSSR count). The molecule has 1 amide bonds. The number of hydrogen-bond donors (Lipinski definition) is 1. The van der Waals surface area contributed by atoms with Crippen LogP contribution in [0.1, 0.15) is 35.5 Å². The average molecular weight is 564 g/mol. The number of benzene rings is 1. The van der Waals surface area contributed by atoms with Crippen molar-refractivity contribution in [3.8, 4) is 23.1 Å². The predicted octanol–water partition coefficient (Wildman–Crippen LogP) is 4.01. The molecular formula is C29H28F3N7O2. The standard InChI is InChI=1S/C29H28F3N7O2/c1-29(2,33)17-10-22(16-4-6-18(30)7-5-16)36-25(11-17)41-26-19-13-38(14-20(19)26)27(40)21-15-39(28-34-8-3-9-35-28)37-23(21)12-24(31)32/h3-11,15,19-20,24,26H,12-14,33H2,1-2H3. The molecule has 1 saturated carbocycles. The lowest BCUT2D eigenvalue weighted by atomic mass is 9.95. The Bertz CT molecular complexity index is 1560. The fourth-order valence-electron chi connectivity index (χ4n) is 5.23. The van der Waals surface area contributed by atoms with E-state index in [1.165, 1.54) is 35.4 Å². The molecule has 2 unspecified atom stereocenters. The monoisotopic (exact) mass is 563 g/mol. The summed E-state index contributed by atoms with van der Waals surface area (Å²) in [5.74, 6) is 0.0484. The molecule has 4 heterocycles. The first-order chi connectivity index (χ1) is 19.6. The zero-order valence-corrected chi connectivity index (χ0v) is 22.4. The van der Waals surface area contributed by atoms with E-state index in [1.807, 2.05) is 19.9 Å². The number of halogens is 3. The Morgan fingerprint density at radius 3 is 2.44 bits per heavy atom. The van der Waals surface area contributed by atoms with Crippen LogP contribution in [0, 0.1) is 17.7 Å². The Labute approximate surface area is 234 Å². The van der Waals surface area contributed by atoms with Crippen molar-refractivity contribution >= 4 is 5.91 Å². The molecule has 2 fully saturated rings. The van der Waals surface area contributed by atoms with Gasteiger partial charge in [-0.15, -0.1) is 0 Å². The lowest BCUT2D eigenvalue weighted by Crippen LogP contribution is -2.34. The van der Waals surface area contributed by atoms with Gasteiger partial charge in [0.2, 0.25) is 18.3 Å². The summed E-state index contributed by atoms with van der Waals surface area (Å²) in [6.45, 7) is 4.60. The van der Waals surface area contributed by atoms with Crippen LogP contribution in [0.15, 0.2) is 61.1 Å². The van der Waals surface area contributed by atoms with Crippen LogP contribution in [0.5, 0.6) is 5.88 Å². The number of fused-ring (bicyclic) bond motifs is 1. The summed E-state index contributed by atoms with van der Waals surface area (Å²) < 4.78 is 47.6. The third kappa shape index (κ3) is 5.51. The van der Waals surface area contributed by atoms with Gasteiger partial charge < -0.3 is 15.4 Å². The average Bonchev–Trinajstić information content (AvgIpc) is 3.26. The van der Waals surface area contributed by atoms with Crippen molar-refractivity contribution in [2.24, 2.45) is 17.6 Å². The van der Waals surface area contributed by atoms with E-state index in [0.717, 1.165) is 11.1 Å². The van der Waals surface area contributed by atoms with E-state index in [9.17, 15) is 18.0 Å². The molecule has 0 radical (unpaired) electrons. The maximum Gasteiger partial charge on any atom is 0.257 e. The second kappa shape index (κ2) is 10.3. The van der Waals surface area contributed by atoms with Crippen LogP contribution in [0.25, 0.3) is 17.2 Å². The van der Waals surface area contributed by atoms with Crippen LogP contribution in [0.3, 0.4) is 0 Å². The number of pyridine rings is 1. The largest absolute Gasteiger partial charge is 0.474 e. The fourth-order valence-corrected chi connectivity index (χ4v) is 5.23. The van der Waals surface area contributed by atoms with Gasteiger partial charge in [0.05, 0.1) is 23.4 Å². The first kappa shape index (κ1) is 26.9. The number of rotatable bonds is 8. The molecule has 9 nitrogen and oxygen atoms in total. The molecular weight excluding hydrogens is 535 g/mol. The molecule has 0 spiro atoms. The number of nitrogens with zero attached hydrogens (tertiary/aromatic N) is 6. The van der Waals surface area contributed by atoms with Crippen molar-refractivity contribution in [3.63, 3.8) is 0 Å². The normalized spacial score (nSPS) is 19.9. The van der Waals surface area contributed by atoms with Crippen LogP contribution in [0.4, 0.5) is 13.2 Å². The molecule has 12 heteroatoms. The van der Waals surface area contributed by atoms with Crippen LogP contribution in [0.2, 0.25) is 0 Å². The highest BCUT2D eigenvalue weighted by Gasteiger charge is 2.59. The first-order valence-corrected chi connectivity index (χ1v) is 13.2. The number of nitrogens with two attached hydrogens (primary N) is 1. The Hall–Kier alpha value is -4.32. The minimum Gasteiger partial charge on any atom is -0.474 e. The van der Waals surface area contributed by atoms with Crippen LogP contribution in [-0.2, 0) is 12.0 Å². The van der Waals surface area contributed by atoms with Gasteiger partial charge in [-0.1, -0.05) is 0 Å². The van der Waals surface area contributed by atoms with Crippen LogP contribution in [-0.4, -0.2) is 61.2 Å². The fraction of sp³-hybridized carbons (Fsp3) is 0.345. The maximum absolute atomic E-state index is 13.5. The zero-order chi connectivity index (χ0) is 28.9. The number of likely N-dealkylation sites (tertiary alicyclic amines) is 1. The SMILES string of the molecule is CC(C)(N)c1cc(OC2C3CN(C(=O)c4cn(-c5ncccn5)nc4CC(F)F)CC32)nc(-c2ccc(F)cc2)c1. The number of piperidine rings is 1. The summed E-state index contributed by atoms with van der Waals surface area (Å²) in [6.07, 6.45) is 0.970. The number of hydrogen-bond acceptors (Lipinski definition) is 7. The van der Waals surface area contributed by atoms with Gasteiger partial charge in [-0.2, -0.15) is 5.10 Å². The highest BCUT2D eigenvalue weighted by Crippen LogP contribution is 2.48. The second-order valence-electron chi connectivity index (χ2n) is 11.0. The van der Waals surface area contributed by atoms with E-state index in [0.29, 0.717) is 24.7 Å². The van der Waals surface area contributed by atoms with Gasteiger partial charge in [0.15, 0.2) is 0 Å². The van der Waals surface area contributed by atoms with Crippen LogP contribution < -0.4 is 10.5 Å². The molecule has 0 bridgehead atoms. The Morgan fingerprint density at radius 2 is 1.80 bits per heavy atom. The van der Waals surface area contributed by atoms with Gasteiger partial charge >= 0.3 is 0 Å². The predicted molar refractivity (Wildman–Crippen MR) is 143 cm³/mol. The maximum atomic E-state index is 13.5. The quantitative estimate of drug-likeness (QED) is 0.345. The van der Waals surface area contributed by atoms with Gasteiger partial charge in [-0.05, 0) is 55.8 Å². The third-order valence-corrected chi connectivity index (χ3v) is 7.47. The Morgan fingerprint density at radius 1 is 1.12 bits per heavy atom. The van der Waals surface area contributed by atoms with E-state index in [-0.39, 0.29) is 46.9 Å². The molecule has 3 aromatic heterocycles. The highest BCUT2D eigenvalue weighted by atomic mass is 19.3. The summed E-state index contributed by atoms with van der Waals surface area (Å²) >= 11 is 0. The molecule has 1 aliphatic heterocycles. The van der Waals surface area contributed by atoms with Gasteiger partial charge in [-0.25, -0.2) is 32.8 Å². The van der Waals surface area contributed by atoms with Crippen molar-refractivity contribution in [3.05, 3.63) is 83.7 Å². The number of ether oxygens (including phenoxy) is 1. The van der Waals surface area contributed by atoms with Gasteiger partial charge in [0.1, 0.15) is 11.9 Å². The number of aromatic nitrogens is 5. The van der Waals surface area contributed by atoms with E-state index in [2.05, 4.69) is 20.1 Å². The summed E-state index contributed by atoms with van der Waals surface area (Å²) in [6, 6.07) is 11.3. The zero-order valence-electron chi connectivity index (χ0n) is 22.4. The van der Waals surface area contributed by atoms with E-state index in [1.54, 1.807) is 29.2 Å². The Kier molecular flexibility index (Phi) is 6.72. The molecule has 2 N–H and O–H groups in total. The van der Waals surface area contributed by atoms with Crippen molar-refractivity contribution in [1.29, 1.82) is 0 Å². The Balaban J connectivity index is 1.17. The minimum atomic E-state index is -2.66. The molecule has 2 aliphatic rings. The highest BCUT2D eigenvalue weighted by molar-refractivity contribution is 5.95. The molecule has 212 valence electrons. The molecule has 1 saturated heterocycles. The lowest BCUT2D eigenvalue weighted by Gasteiger charge is -2.22. The topological polar surface area (TPSA) is 112 Å². The molecule has 41 heavy (non-hydrogen) atoms. The number of carbonyl (C=O) groups excluding carboxylic acids is 1. The molecule has 4 aromatic rings. The summed E-state index contributed by atoms with van der Waals surface area (Å²) in [4.78, 5) is 27.9. The van der Waals surface area contributed by atoms with Crippen LogP contribution >= 0.6 is 0 Å². The number of carbonyl (C=O) groups is 1. The molecule has 1 aliphatic carbocycles. The van der Waals surface area contributed by atoms with Gasteiger partial charge in [0.25, 0.3) is 5.91 Å². The summed E-state index contributed by atoms with van der Waals surface area (Å²) in [5, 5.41) is 4.18. The van der Waals surface area contributed by atoms with Crippen molar-refractivity contribution in [1.82, 2.24) is 29.6 Å². The van der Waals surface area contributed by atoms with Crippen molar-refractivity contribution in [2.75, 3.05) is 13.1 Å². The van der Waals surface area contributed by atoms with E-state index >= 15 is 0 Å². The van der Waals surface area contributed by atoms with E-state index in [4.69, 9.17) is 10.5 Å². The smallest absolute Gasteiger partial charge is 0.257 e. The number of amides is 1. The summed E-state index contributed by atoms with van der Waals surface area (Å²) in [7, 11) is 0. The summed E-state index contributed by atoms with van der Waals surface area (Å²) in [5.41, 5.74) is 7.99. The van der Waals surface area contributed by atoms with Gasteiger partial charge in [0, 0.05) is 60.7 Å².